The van der Waals surface area contributed by atoms with Crippen molar-refractivity contribution in [1.82, 2.24) is 24.6 Å². The number of halogens is 1. The maximum Gasteiger partial charge on any atom is 0.257 e. The van der Waals surface area contributed by atoms with Gasteiger partial charge in [0.15, 0.2) is 0 Å². The zero-order valence-electron chi connectivity index (χ0n) is 15.2. The molecule has 6 nitrogen and oxygen atoms in total. The molecule has 2 aromatic heterocycles. The van der Waals surface area contributed by atoms with E-state index < -0.39 is 0 Å². The molecule has 0 saturated carbocycles. The number of amides is 1. The van der Waals surface area contributed by atoms with Crippen LogP contribution in [0.3, 0.4) is 0 Å². The summed E-state index contributed by atoms with van der Waals surface area (Å²) in [5.41, 5.74) is 1.67. The number of hydrogen-bond acceptors (Lipinski definition) is 3. The van der Waals surface area contributed by atoms with E-state index in [9.17, 15) is 9.18 Å². The Balaban J connectivity index is 1.51. The minimum atomic E-state index is -0.339. The van der Waals surface area contributed by atoms with E-state index in [0.29, 0.717) is 29.3 Å². The number of imidazole rings is 1. The zero-order valence-corrected chi connectivity index (χ0v) is 15.2. The number of likely N-dealkylation sites (tertiary alicyclic amines) is 1. The molecule has 1 aromatic carbocycles. The molecule has 4 rings (SSSR count). The topological polar surface area (TPSA) is 66.8 Å². The van der Waals surface area contributed by atoms with Crippen LogP contribution in [0.2, 0.25) is 0 Å². The van der Waals surface area contributed by atoms with Gasteiger partial charge < -0.3 is 9.47 Å². The molecule has 3 aromatic rings. The summed E-state index contributed by atoms with van der Waals surface area (Å²) in [5, 5.41) is 6.88. The highest BCUT2D eigenvalue weighted by Gasteiger charge is 2.27. The lowest BCUT2D eigenvalue weighted by atomic mass is 9.97. The molecule has 1 unspecified atom stereocenters. The van der Waals surface area contributed by atoms with Gasteiger partial charge in [0.25, 0.3) is 5.91 Å². The van der Waals surface area contributed by atoms with E-state index in [1.165, 1.54) is 18.3 Å². The Morgan fingerprint density at radius 2 is 2.30 bits per heavy atom. The van der Waals surface area contributed by atoms with Crippen molar-refractivity contribution >= 4 is 5.91 Å². The predicted octanol–water partition coefficient (Wildman–Crippen LogP) is 3.27. The van der Waals surface area contributed by atoms with Gasteiger partial charge in [0.1, 0.15) is 11.6 Å². The molecule has 27 heavy (non-hydrogen) atoms. The Morgan fingerprint density at radius 3 is 3.07 bits per heavy atom. The van der Waals surface area contributed by atoms with E-state index in [1.54, 1.807) is 18.3 Å². The van der Waals surface area contributed by atoms with Crippen LogP contribution in [-0.4, -0.2) is 43.6 Å². The van der Waals surface area contributed by atoms with Gasteiger partial charge in [-0.3, -0.25) is 9.89 Å². The number of aromatic nitrogens is 4. The molecule has 1 amide bonds. The minimum absolute atomic E-state index is 0.0601. The van der Waals surface area contributed by atoms with Gasteiger partial charge in [0.05, 0.1) is 17.5 Å². The molecule has 1 saturated heterocycles. The first-order valence-corrected chi connectivity index (χ1v) is 9.18. The van der Waals surface area contributed by atoms with Gasteiger partial charge >= 0.3 is 0 Å². The summed E-state index contributed by atoms with van der Waals surface area (Å²) in [6, 6.07) is 6.19. The Labute approximate surface area is 157 Å². The number of aryl methyl sites for hydroxylation is 1. The number of hydrogen-bond donors (Lipinski definition) is 1. The molecule has 0 aliphatic carbocycles. The highest BCUT2D eigenvalue weighted by Crippen LogP contribution is 2.26. The summed E-state index contributed by atoms with van der Waals surface area (Å²) in [7, 11) is 0. The number of benzene rings is 1. The van der Waals surface area contributed by atoms with Crippen LogP contribution in [0.4, 0.5) is 4.39 Å². The van der Waals surface area contributed by atoms with Crippen LogP contribution in [0.5, 0.6) is 0 Å². The molecule has 1 aliphatic rings. The van der Waals surface area contributed by atoms with Crippen molar-refractivity contribution in [3.63, 3.8) is 0 Å². The zero-order chi connectivity index (χ0) is 18.8. The van der Waals surface area contributed by atoms with Crippen molar-refractivity contribution in [2.24, 2.45) is 5.92 Å². The van der Waals surface area contributed by atoms with Gasteiger partial charge in [-0.1, -0.05) is 12.1 Å². The molecule has 140 valence electrons. The summed E-state index contributed by atoms with van der Waals surface area (Å²) in [4.78, 5) is 19.3. The Morgan fingerprint density at radius 1 is 1.41 bits per heavy atom. The van der Waals surface area contributed by atoms with E-state index >= 15 is 0 Å². The molecule has 3 heterocycles. The van der Waals surface area contributed by atoms with Crippen LogP contribution in [-0.2, 0) is 6.54 Å². The lowest BCUT2D eigenvalue weighted by molar-refractivity contribution is 0.0663. The predicted molar refractivity (Wildman–Crippen MR) is 99.6 cm³/mol. The summed E-state index contributed by atoms with van der Waals surface area (Å²) >= 11 is 0. The maximum absolute atomic E-state index is 13.6. The average molecular weight is 367 g/mol. The summed E-state index contributed by atoms with van der Waals surface area (Å²) in [5.74, 6) is 0.978. The fourth-order valence-corrected chi connectivity index (χ4v) is 3.76. The number of carbonyl (C=O) groups excluding carboxylic acids is 1. The molecule has 7 heteroatoms. The van der Waals surface area contributed by atoms with Gasteiger partial charge in [-0.2, -0.15) is 5.10 Å². The number of aromatic amines is 1. The first-order chi connectivity index (χ1) is 13.1. The first-order valence-electron chi connectivity index (χ1n) is 9.18. The Bertz CT molecular complexity index is 947. The standard InChI is InChI=1S/C20H22FN5O/c1-14-22-7-9-25(14)12-15-4-3-8-26(13-15)20(27)18-11-23-24-19(18)16-5-2-6-17(21)10-16/h2,5-7,9-11,15H,3-4,8,12-13H2,1H3,(H,23,24). The van der Waals surface area contributed by atoms with E-state index in [1.807, 2.05) is 18.0 Å². The molecule has 1 fully saturated rings. The lowest BCUT2D eigenvalue weighted by Crippen LogP contribution is -2.41. The highest BCUT2D eigenvalue weighted by atomic mass is 19.1. The Kier molecular flexibility index (Phi) is 4.75. The quantitative estimate of drug-likeness (QED) is 0.770. The smallest absolute Gasteiger partial charge is 0.257 e. The normalized spacial score (nSPS) is 17.3. The molecule has 0 radical (unpaired) electrons. The molecular formula is C20H22FN5O. The van der Waals surface area contributed by atoms with E-state index in [4.69, 9.17) is 0 Å². The van der Waals surface area contributed by atoms with Crippen LogP contribution in [0.1, 0.15) is 29.0 Å². The Hall–Kier alpha value is -2.96. The van der Waals surface area contributed by atoms with Crippen molar-refractivity contribution in [2.45, 2.75) is 26.3 Å². The number of nitrogens with zero attached hydrogens (tertiary/aromatic N) is 4. The summed E-state index contributed by atoms with van der Waals surface area (Å²) < 4.78 is 15.7. The second-order valence-corrected chi connectivity index (χ2v) is 7.06. The van der Waals surface area contributed by atoms with Crippen LogP contribution < -0.4 is 0 Å². The molecule has 1 N–H and O–H groups in total. The average Bonchev–Trinajstić information content (AvgIpc) is 3.31. The molecule has 0 spiro atoms. The fourth-order valence-electron chi connectivity index (χ4n) is 3.76. The highest BCUT2D eigenvalue weighted by molar-refractivity contribution is 5.99. The number of piperidine rings is 1. The van der Waals surface area contributed by atoms with Crippen molar-refractivity contribution < 1.29 is 9.18 Å². The van der Waals surface area contributed by atoms with E-state index in [-0.39, 0.29) is 11.7 Å². The van der Waals surface area contributed by atoms with Crippen LogP contribution >= 0.6 is 0 Å². The van der Waals surface area contributed by atoms with Crippen molar-refractivity contribution in [1.29, 1.82) is 0 Å². The molecular weight excluding hydrogens is 345 g/mol. The van der Waals surface area contributed by atoms with Gasteiger partial charge in [-0.15, -0.1) is 0 Å². The second kappa shape index (κ2) is 7.34. The third-order valence-corrected chi connectivity index (χ3v) is 5.17. The number of nitrogens with one attached hydrogen (secondary N) is 1. The van der Waals surface area contributed by atoms with E-state index in [2.05, 4.69) is 19.7 Å². The number of rotatable bonds is 4. The molecule has 1 aliphatic heterocycles. The van der Waals surface area contributed by atoms with Crippen molar-refractivity contribution in [3.05, 3.63) is 60.1 Å². The first kappa shape index (κ1) is 17.5. The van der Waals surface area contributed by atoms with Crippen LogP contribution in [0, 0.1) is 18.7 Å². The largest absolute Gasteiger partial charge is 0.338 e. The summed E-state index contributed by atoms with van der Waals surface area (Å²) in [6.07, 6.45) is 7.37. The van der Waals surface area contributed by atoms with Gasteiger partial charge in [-0.05, 0) is 37.8 Å². The van der Waals surface area contributed by atoms with Gasteiger partial charge in [0, 0.05) is 37.6 Å². The maximum atomic E-state index is 13.6. The minimum Gasteiger partial charge on any atom is -0.338 e. The second-order valence-electron chi connectivity index (χ2n) is 7.06. The van der Waals surface area contributed by atoms with Gasteiger partial charge in [0.2, 0.25) is 0 Å². The van der Waals surface area contributed by atoms with Crippen LogP contribution in [0.25, 0.3) is 11.3 Å². The summed E-state index contributed by atoms with van der Waals surface area (Å²) in [6.45, 7) is 4.27. The van der Waals surface area contributed by atoms with Crippen molar-refractivity contribution in [2.75, 3.05) is 13.1 Å². The number of H-pyrrole nitrogens is 1. The van der Waals surface area contributed by atoms with Gasteiger partial charge in [-0.25, -0.2) is 9.37 Å². The lowest BCUT2D eigenvalue weighted by Gasteiger charge is -2.33. The third-order valence-electron chi connectivity index (χ3n) is 5.17. The van der Waals surface area contributed by atoms with Crippen LogP contribution in [0.15, 0.2) is 42.9 Å². The number of carbonyl (C=O) groups is 1. The SMILES string of the molecule is Cc1nccn1CC1CCCN(C(=O)c2cn[nH]c2-c2cccc(F)c2)C1. The van der Waals surface area contributed by atoms with Crippen molar-refractivity contribution in [3.8, 4) is 11.3 Å². The van der Waals surface area contributed by atoms with E-state index in [0.717, 1.165) is 31.8 Å². The third kappa shape index (κ3) is 3.63. The molecule has 0 bridgehead atoms. The monoisotopic (exact) mass is 367 g/mol. The molecule has 1 atom stereocenters. The fraction of sp³-hybridized carbons (Fsp3) is 0.350.